The Balaban J connectivity index is 1.45. The van der Waals surface area contributed by atoms with Gasteiger partial charge in [0.1, 0.15) is 5.75 Å². The second-order valence-electron chi connectivity index (χ2n) is 7.48. The Morgan fingerprint density at radius 1 is 1.07 bits per heavy atom. The molecule has 2 aromatic carbocycles. The van der Waals surface area contributed by atoms with Crippen LogP contribution in [0.2, 0.25) is 0 Å². The van der Waals surface area contributed by atoms with Crippen LogP contribution in [-0.2, 0) is 14.8 Å². The minimum absolute atomic E-state index is 0.0233. The first-order chi connectivity index (χ1) is 13.9. The molecule has 1 aliphatic rings. The molecule has 1 N–H and O–H groups in total. The van der Waals surface area contributed by atoms with Gasteiger partial charge in [-0.3, -0.25) is 4.79 Å². The van der Waals surface area contributed by atoms with E-state index in [9.17, 15) is 13.2 Å². The number of nitrogens with one attached hydrogen (secondary N) is 1. The van der Waals surface area contributed by atoms with Crippen LogP contribution >= 0.6 is 0 Å². The van der Waals surface area contributed by atoms with Gasteiger partial charge in [-0.2, -0.15) is 4.31 Å². The maximum Gasteiger partial charge on any atom is 0.243 e. The average Bonchev–Trinajstić information content (AvgIpc) is 2.73. The Hall–Kier alpha value is -2.38. The second-order valence-corrected chi connectivity index (χ2v) is 9.41. The number of nitrogens with zero attached hydrogens (tertiary/aromatic N) is 1. The van der Waals surface area contributed by atoms with Gasteiger partial charge in [0.05, 0.1) is 12.0 Å². The van der Waals surface area contributed by atoms with Crippen LogP contribution in [0.1, 0.15) is 31.2 Å². The van der Waals surface area contributed by atoms with E-state index < -0.39 is 10.0 Å². The van der Waals surface area contributed by atoms with Crippen molar-refractivity contribution in [2.24, 2.45) is 5.92 Å². The summed E-state index contributed by atoms with van der Waals surface area (Å²) in [5, 5.41) is 2.89. The Kier molecular flexibility index (Phi) is 6.92. The highest BCUT2D eigenvalue weighted by atomic mass is 32.2. The van der Waals surface area contributed by atoms with E-state index in [1.165, 1.54) is 0 Å². The number of anilines is 1. The molecule has 1 fully saturated rings. The third-order valence-electron chi connectivity index (χ3n) is 5.39. The van der Waals surface area contributed by atoms with Crippen LogP contribution in [0.5, 0.6) is 5.75 Å². The number of rotatable bonds is 7. The molecule has 1 amide bonds. The van der Waals surface area contributed by atoms with E-state index in [4.69, 9.17) is 4.74 Å². The number of methoxy groups -OCH3 is 1. The van der Waals surface area contributed by atoms with Crippen LogP contribution in [0.15, 0.2) is 53.4 Å². The Morgan fingerprint density at radius 3 is 2.28 bits per heavy atom. The number of hydrogen-bond donors (Lipinski definition) is 1. The first kappa shape index (κ1) is 21.3. The van der Waals surface area contributed by atoms with E-state index >= 15 is 0 Å². The van der Waals surface area contributed by atoms with Crippen LogP contribution in [0, 0.1) is 12.8 Å². The predicted octanol–water partition coefficient (Wildman–Crippen LogP) is 3.82. The van der Waals surface area contributed by atoms with Crippen LogP contribution in [0.25, 0.3) is 0 Å². The van der Waals surface area contributed by atoms with E-state index in [0.717, 1.165) is 36.3 Å². The summed E-state index contributed by atoms with van der Waals surface area (Å²) < 4.78 is 32.2. The third-order valence-corrected chi connectivity index (χ3v) is 7.30. The molecule has 1 saturated heterocycles. The highest BCUT2D eigenvalue weighted by Crippen LogP contribution is 2.27. The molecule has 156 valence electrons. The molecule has 0 bridgehead atoms. The van der Waals surface area contributed by atoms with Crippen molar-refractivity contribution in [3.63, 3.8) is 0 Å². The van der Waals surface area contributed by atoms with Gasteiger partial charge < -0.3 is 10.1 Å². The van der Waals surface area contributed by atoms with E-state index in [1.54, 1.807) is 35.7 Å². The highest BCUT2D eigenvalue weighted by Gasteiger charge is 2.29. The van der Waals surface area contributed by atoms with Crippen molar-refractivity contribution in [1.29, 1.82) is 0 Å². The SMILES string of the molecule is COc1ccc(NC(=O)CCC2CCN(S(=O)(=O)c3ccc(C)cc3)CC2)cc1. The van der Waals surface area contributed by atoms with Crippen molar-refractivity contribution in [1.82, 2.24) is 4.31 Å². The lowest BCUT2D eigenvalue weighted by atomic mass is 9.93. The molecule has 0 atom stereocenters. The Labute approximate surface area is 172 Å². The zero-order valence-corrected chi connectivity index (χ0v) is 17.7. The molecule has 0 aliphatic carbocycles. The number of sulfonamides is 1. The molecule has 0 aromatic heterocycles. The maximum atomic E-state index is 12.8. The Morgan fingerprint density at radius 2 is 1.69 bits per heavy atom. The van der Waals surface area contributed by atoms with Gasteiger partial charge in [-0.15, -0.1) is 0 Å². The lowest BCUT2D eigenvalue weighted by Gasteiger charge is -2.31. The summed E-state index contributed by atoms with van der Waals surface area (Å²) >= 11 is 0. The number of amides is 1. The van der Waals surface area contributed by atoms with Crippen molar-refractivity contribution < 1.29 is 17.9 Å². The smallest absolute Gasteiger partial charge is 0.243 e. The van der Waals surface area contributed by atoms with E-state index in [2.05, 4.69) is 5.32 Å². The van der Waals surface area contributed by atoms with Gasteiger partial charge >= 0.3 is 0 Å². The molecule has 0 radical (unpaired) electrons. The van der Waals surface area contributed by atoms with Gasteiger partial charge in [0.15, 0.2) is 0 Å². The summed E-state index contributed by atoms with van der Waals surface area (Å²) in [5.74, 6) is 1.08. The molecule has 7 heteroatoms. The molecule has 0 saturated carbocycles. The second kappa shape index (κ2) is 9.41. The molecule has 1 aliphatic heterocycles. The van der Waals surface area contributed by atoms with Gasteiger partial charge in [0.25, 0.3) is 0 Å². The molecular formula is C22H28N2O4S. The summed E-state index contributed by atoms with van der Waals surface area (Å²) in [6, 6.07) is 14.2. The third kappa shape index (κ3) is 5.58. The number of aryl methyl sites for hydroxylation is 1. The summed E-state index contributed by atoms with van der Waals surface area (Å²) in [6.07, 6.45) is 2.75. The molecular weight excluding hydrogens is 388 g/mol. The van der Waals surface area contributed by atoms with Crippen LogP contribution in [0.4, 0.5) is 5.69 Å². The fourth-order valence-electron chi connectivity index (χ4n) is 3.53. The van der Waals surface area contributed by atoms with Crippen molar-refractivity contribution in [2.75, 3.05) is 25.5 Å². The van der Waals surface area contributed by atoms with Crippen molar-refractivity contribution >= 4 is 21.6 Å². The first-order valence-corrected chi connectivity index (χ1v) is 11.3. The maximum absolute atomic E-state index is 12.8. The van der Waals surface area contributed by atoms with Gasteiger partial charge in [0.2, 0.25) is 15.9 Å². The minimum Gasteiger partial charge on any atom is -0.497 e. The number of hydrogen-bond acceptors (Lipinski definition) is 4. The molecule has 2 aromatic rings. The number of carbonyl (C=O) groups is 1. The minimum atomic E-state index is -3.44. The first-order valence-electron chi connectivity index (χ1n) is 9.89. The van der Waals surface area contributed by atoms with Gasteiger partial charge in [-0.05, 0) is 68.5 Å². The largest absolute Gasteiger partial charge is 0.497 e. The summed E-state index contributed by atoms with van der Waals surface area (Å²) in [4.78, 5) is 12.5. The van der Waals surface area contributed by atoms with E-state index in [-0.39, 0.29) is 5.91 Å². The lowest BCUT2D eigenvalue weighted by molar-refractivity contribution is -0.116. The number of ether oxygens (including phenoxy) is 1. The number of benzene rings is 2. The zero-order chi connectivity index (χ0) is 20.9. The van der Waals surface area contributed by atoms with Crippen molar-refractivity contribution in [3.05, 3.63) is 54.1 Å². The quantitative estimate of drug-likeness (QED) is 0.744. The summed E-state index contributed by atoms with van der Waals surface area (Å²) in [5.41, 5.74) is 1.78. The van der Waals surface area contributed by atoms with E-state index in [1.807, 2.05) is 31.2 Å². The molecule has 1 heterocycles. The summed E-state index contributed by atoms with van der Waals surface area (Å²) in [7, 11) is -1.83. The zero-order valence-electron chi connectivity index (χ0n) is 16.9. The predicted molar refractivity (Wildman–Crippen MR) is 114 cm³/mol. The fourth-order valence-corrected chi connectivity index (χ4v) is 5.00. The van der Waals surface area contributed by atoms with Crippen molar-refractivity contribution in [2.45, 2.75) is 37.5 Å². The highest BCUT2D eigenvalue weighted by molar-refractivity contribution is 7.89. The topological polar surface area (TPSA) is 75.7 Å². The fraction of sp³-hybridized carbons (Fsp3) is 0.409. The van der Waals surface area contributed by atoms with Gasteiger partial charge in [-0.25, -0.2) is 8.42 Å². The Bertz CT molecular complexity index is 916. The number of carbonyl (C=O) groups excluding carboxylic acids is 1. The van der Waals surface area contributed by atoms with Crippen LogP contribution < -0.4 is 10.1 Å². The van der Waals surface area contributed by atoms with Crippen molar-refractivity contribution in [3.8, 4) is 5.75 Å². The average molecular weight is 417 g/mol. The standard InChI is InChI=1S/C22H28N2O4S/c1-17-3-10-21(11-4-17)29(26,27)24-15-13-18(14-16-24)5-12-22(25)23-19-6-8-20(28-2)9-7-19/h3-4,6-11,18H,5,12-16H2,1-2H3,(H,23,25). The molecule has 3 rings (SSSR count). The molecule has 0 spiro atoms. The molecule has 29 heavy (non-hydrogen) atoms. The van der Waals surface area contributed by atoms with Crippen LogP contribution in [-0.4, -0.2) is 38.8 Å². The molecule has 0 unspecified atom stereocenters. The molecule has 6 nitrogen and oxygen atoms in total. The summed E-state index contributed by atoms with van der Waals surface area (Å²) in [6.45, 7) is 2.94. The number of piperidine rings is 1. The monoisotopic (exact) mass is 416 g/mol. The van der Waals surface area contributed by atoms with Gasteiger partial charge in [0, 0.05) is 25.2 Å². The van der Waals surface area contributed by atoms with Gasteiger partial charge in [-0.1, -0.05) is 17.7 Å². The lowest BCUT2D eigenvalue weighted by Crippen LogP contribution is -2.38. The van der Waals surface area contributed by atoms with E-state index in [0.29, 0.717) is 30.3 Å². The normalized spacial score (nSPS) is 15.8. The van der Waals surface area contributed by atoms with Crippen LogP contribution in [0.3, 0.4) is 0 Å².